The van der Waals surface area contributed by atoms with Crippen LogP contribution >= 0.6 is 23.4 Å². The molecule has 5 rings (SSSR count). The summed E-state index contributed by atoms with van der Waals surface area (Å²) in [5, 5.41) is 14.3. The fraction of sp³-hybridized carbons (Fsp3) is 0.250. The molecule has 0 saturated heterocycles. The summed E-state index contributed by atoms with van der Waals surface area (Å²) in [4.78, 5) is 21.1. The largest absolute Gasteiger partial charge is 0.306 e. The van der Waals surface area contributed by atoms with Gasteiger partial charge in [0.25, 0.3) is 5.91 Å². The molecule has 0 spiro atoms. The number of aromatic nitrogens is 5. The van der Waals surface area contributed by atoms with Crippen LogP contribution in [0.4, 0.5) is 0 Å². The minimum Gasteiger partial charge on any atom is -0.306 e. The first-order chi connectivity index (χ1) is 16.6. The fourth-order valence-electron chi connectivity index (χ4n) is 3.90. The Morgan fingerprint density at radius 2 is 1.97 bits per heavy atom. The normalized spacial score (nSPS) is 17.4. The number of amides is 1. The number of rotatable bonds is 8. The topological polar surface area (TPSA) is 98.0 Å². The van der Waals surface area contributed by atoms with E-state index in [4.69, 9.17) is 11.6 Å². The molecular weight excluding hydrogens is 470 g/mol. The predicted molar refractivity (Wildman–Crippen MR) is 133 cm³/mol. The lowest BCUT2D eigenvalue weighted by Crippen LogP contribution is -2.20. The van der Waals surface area contributed by atoms with E-state index in [-0.39, 0.29) is 11.7 Å². The molecule has 4 aromatic rings. The Hall–Kier alpha value is -3.30. The van der Waals surface area contributed by atoms with Crippen LogP contribution < -0.4 is 5.43 Å². The zero-order valence-electron chi connectivity index (χ0n) is 18.4. The molecule has 1 aliphatic carbocycles. The molecule has 2 heterocycles. The number of hydrazone groups is 1. The predicted octanol–water partition coefficient (Wildman–Crippen LogP) is 4.41. The zero-order valence-corrected chi connectivity index (χ0v) is 20.0. The first-order valence-electron chi connectivity index (χ1n) is 11.0. The second-order valence-corrected chi connectivity index (χ2v) is 9.33. The summed E-state index contributed by atoms with van der Waals surface area (Å²) in [6, 6.07) is 15.6. The molecule has 0 aliphatic heterocycles. The summed E-state index contributed by atoms with van der Waals surface area (Å²) >= 11 is 7.36. The number of nitrogens with one attached hydrogen (secondary N) is 1. The van der Waals surface area contributed by atoms with E-state index >= 15 is 0 Å². The van der Waals surface area contributed by atoms with Gasteiger partial charge >= 0.3 is 0 Å². The molecule has 1 N–H and O–H groups in total. The van der Waals surface area contributed by atoms with Crippen molar-refractivity contribution in [1.29, 1.82) is 0 Å². The Morgan fingerprint density at radius 1 is 1.18 bits per heavy atom. The Labute approximate surface area is 205 Å². The number of thioether (sulfide) groups is 1. The van der Waals surface area contributed by atoms with Crippen molar-refractivity contribution in [3.8, 4) is 0 Å². The van der Waals surface area contributed by atoms with Crippen LogP contribution in [0.25, 0.3) is 11.0 Å². The van der Waals surface area contributed by atoms with Crippen molar-refractivity contribution in [2.45, 2.75) is 36.9 Å². The molecule has 1 fully saturated rings. The minimum atomic E-state index is -0.229. The highest BCUT2D eigenvalue weighted by atomic mass is 35.5. The molecule has 2 aromatic carbocycles. The summed E-state index contributed by atoms with van der Waals surface area (Å²) in [5.74, 6) is 1.69. The maximum absolute atomic E-state index is 12.3. The number of fused-ring (bicyclic) bond motifs is 1. The highest BCUT2D eigenvalue weighted by Crippen LogP contribution is 2.54. The monoisotopic (exact) mass is 491 g/mol. The van der Waals surface area contributed by atoms with E-state index < -0.39 is 0 Å². The van der Waals surface area contributed by atoms with E-state index in [2.05, 4.69) is 54.3 Å². The summed E-state index contributed by atoms with van der Waals surface area (Å²) in [6.45, 7) is 2.81. The van der Waals surface area contributed by atoms with Gasteiger partial charge in [0.1, 0.15) is 11.5 Å². The summed E-state index contributed by atoms with van der Waals surface area (Å²) in [6.07, 6.45) is 4.14. The standard InChI is InChI=1S/C24H22ClN7OS/c1-2-32-23(19-11-18(19)15-7-9-16(25)10-8-15)30-31-24(32)34-14-22(33)29-27-13-17-12-26-20-5-3-4-6-21(20)28-17/h3-10,12-13,18-19H,2,11,14H2,1H3,(H,29,33). The van der Waals surface area contributed by atoms with Crippen LogP contribution in [0.1, 0.15) is 42.3 Å². The molecule has 2 unspecified atom stereocenters. The average molecular weight is 492 g/mol. The summed E-state index contributed by atoms with van der Waals surface area (Å²) < 4.78 is 2.09. The highest BCUT2D eigenvalue weighted by Gasteiger charge is 2.43. The van der Waals surface area contributed by atoms with E-state index in [1.165, 1.54) is 23.5 Å². The van der Waals surface area contributed by atoms with Crippen LogP contribution in [0.5, 0.6) is 0 Å². The van der Waals surface area contributed by atoms with Gasteiger partial charge in [0.05, 0.1) is 29.2 Å². The SMILES string of the molecule is CCn1c(SCC(=O)NN=Cc2cnc3ccccc3n2)nnc1C1CC1c1ccc(Cl)cc1. The number of nitrogens with zero attached hydrogens (tertiary/aromatic N) is 6. The van der Waals surface area contributed by atoms with E-state index in [1.54, 1.807) is 6.20 Å². The molecule has 0 radical (unpaired) electrons. The maximum atomic E-state index is 12.3. The van der Waals surface area contributed by atoms with Crippen molar-refractivity contribution in [2.24, 2.45) is 5.10 Å². The molecule has 10 heteroatoms. The first kappa shape index (κ1) is 22.5. The highest BCUT2D eigenvalue weighted by molar-refractivity contribution is 7.99. The molecule has 172 valence electrons. The number of benzene rings is 2. The number of hydrogen-bond donors (Lipinski definition) is 1. The molecule has 8 nitrogen and oxygen atoms in total. The quantitative estimate of drug-likeness (QED) is 0.223. The van der Waals surface area contributed by atoms with Crippen LogP contribution in [-0.2, 0) is 11.3 Å². The average Bonchev–Trinajstić information content (AvgIpc) is 3.54. The van der Waals surface area contributed by atoms with Gasteiger partial charge in [-0.2, -0.15) is 5.10 Å². The maximum Gasteiger partial charge on any atom is 0.250 e. The molecule has 0 bridgehead atoms. The molecule has 1 aliphatic rings. The van der Waals surface area contributed by atoms with Gasteiger partial charge in [-0.25, -0.2) is 10.4 Å². The lowest BCUT2D eigenvalue weighted by atomic mass is 10.1. The summed E-state index contributed by atoms with van der Waals surface area (Å²) in [5.41, 5.74) is 5.96. The van der Waals surface area contributed by atoms with E-state index in [1.807, 2.05) is 36.4 Å². The van der Waals surface area contributed by atoms with Gasteiger partial charge in [-0.15, -0.1) is 10.2 Å². The van der Waals surface area contributed by atoms with E-state index in [0.29, 0.717) is 17.5 Å². The number of carbonyl (C=O) groups is 1. The van der Waals surface area contributed by atoms with Crippen molar-refractivity contribution in [2.75, 3.05) is 5.75 Å². The number of hydrogen-bond acceptors (Lipinski definition) is 7. The van der Waals surface area contributed by atoms with Crippen molar-refractivity contribution in [1.82, 2.24) is 30.2 Å². The lowest BCUT2D eigenvalue weighted by molar-refractivity contribution is -0.118. The molecule has 1 amide bonds. The fourth-order valence-corrected chi connectivity index (χ4v) is 4.83. The zero-order chi connectivity index (χ0) is 23.5. The lowest BCUT2D eigenvalue weighted by Gasteiger charge is -2.07. The van der Waals surface area contributed by atoms with Crippen LogP contribution in [0.2, 0.25) is 5.02 Å². The van der Waals surface area contributed by atoms with Gasteiger partial charge in [-0.05, 0) is 49.1 Å². The number of halogens is 1. The van der Waals surface area contributed by atoms with Crippen molar-refractivity contribution < 1.29 is 4.79 Å². The van der Waals surface area contributed by atoms with Gasteiger partial charge in [-0.3, -0.25) is 9.78 Å². The number of carbonyl (C=O) groups excluding carboxylic acids is 1. The minimum absolute atomic E-state index is 0.185. The van der Waals surface area contributed by atoms with Crippen LogP contribution in [0, 0.1) is 0 Å². The third kappa shape index (κ3) is 4.95. The number of para-hydroxylation sites is 2. The molecular formula is C24H22ClN7OS. The smallest absolute Gasteiger partial charge is 0.250 e. The van der Waals surface area contributed by atoms with Gasteiger partial charge in [0.15, 0.2) is 5.16 Å². The molecule has 2 aromatic heterocycles. The van der Waals surface area contributed by atoms with E-state index in [0.717, 1.165) is 40.0 Å². The van der Waals surface area contributed by atoms with Gasteiger partial charge in [0.2, 0.25) is 0 Å². The van der Waals surface area contributed by atoms with Crippen molar-refractivity contribution >= 4 is 46.5 Å². The Bertz CT molecular complexity index is 1360. The van der Waals surface area contributed by atoms with Crippen molar-refractivity contribution in [3.63, 3.8) is 0 Å². The Morgan fingerprint density at radius 3 is 2.76 bits per heavy atom. The van der Waals surface area contributed by atoms with Gasteiger partial charge in [0, 0.05) is 17.5 Å². The van der Waals surface area contributed by atoms with Crippen LogP contribution in [-0.4, -0.2) is 42.6 Å². The molecule has 34 heavy (non-hydrogen) atoms. The Kier molecular flexibility index (Phi) is 6.55. The third-order valence-electron chi connectivity index (χ3n) is 5.67. The van der Waals surface area contributed by atoms with E-state index in [9.17, 15) is 4.79 Å². The second kappa shape index (κ2) is 9.90. The van der Waals surface area contributed by atoms with Crippen LogP contribution in [0.15, 0.2) is 65.0 Å². The molecule has 2 atom stereocenters. The molecule has 1 saturated carbocycles. The van der Waals surface area contributed by atoms with Gasteiger partial charge in [-0.1, -0.05) is 47.6 Å². The van der Waals surface area contributed by atoms with Crippen molar-refractivity contribution in [3.05, 3.63) is 76.8 Å². The van der Waals surface area contributed by atoms with Crippen LogP contribution in [0.3, 0.4) is 0 Å². The Balaban J connectivity index is 1.16. The first-order valence-corrected chi connectivity index (χ1v) is 12.3. The van der Waals surface area contributed by atoms with Gasteiger partial charge < -0.3 is 4.57 Å². The third-order valence-corrected chi connectivity index (χ3v) is 6.89. The second-order valence-electron chi connectivity index (χ2n) is 7.95. The summed E-state index contributed by atoms with van der Waals surface area (Å²) in [7, 11) is 0.